The van der Waals surface area contributed by atoms with Crippen LogP contribution in [0.4, 0.5) is 10.5 Å². The van der Waals surface area contributed by atoms with E-state index < -0.39 is 17.8 Å². The van der Waals surface area contributed by atoms with Crippen LogP contribution in [0.5, 0.6) is 11.5 Å². The maximum absolute atomic E-state index is 13.7. The molecule has 4 aromatic carbocycles. The number of ether oxygens (including phenoxy) is 2. The minimum Gasteiger partial charge on any atom is -0.493 e. The van der Waals surface area contributed by atoms with Crippen LogP contribution in [-0.2, 0) is 21.6 Å². The van der Waals surface area contributed by atoms with Crippen LogP contribution in [0.1, 0.15) is 55.2 Å². The van der Waals surface area contributed by atoms with Crippen molar-refractivity contribution < 1.29 is 23.9 Å². The second kappa shape index (κ2) is 11.2. The number of barbiturate groups is 1. The van der Waals surface area contributed by atoms with Crippen LogP contribution in [-0.4, -0.2) is 25.0 Å². The summed E-state index contributed by atoms with van der Waals surface area (Å²) in [6.07, 6.45) is 9.30. The number of urea groups is 1. The van der Waals surface area contributed by atoms with Crippen molar-refractivity contribution in [3.05, 3.63) is 107 Å². The van der Waals surface area contributed by atoms with Crippen LogP contribution >= 0.6 is 0 Å². The van der Waals surface area contributed by atoms with Gasteiger partial charge in [-0.15, -0.1) is 0 Å². The standard InChI is InChI=1S/C39H36N2O5/c1-45-35-19-24(7-13-34(35)46-23-25-6-8-29-4-2-3-5-30(29)17-25)18-33-36(42)40-38(44)41(37(33)43)32-11-9-31(10-12-32)39-20-26-14-27(21-39)16-28(15-26)22-39/h2-13,17-19,26-28H,14-16,20-23H2,1H3,(H,40,42,44)/b33-18+. The van der Waals surface area contributed by atoms with Crippen molar-refractivity contribution >= 4 is 40.4 Å². The molecule has 5 aliphatic rings. The molecule has 0 atom stereocenters. The van der Waals surface area contributed by atoms with E-state index in [-0.39, 0.29) is 11.0 Å². The first-order chi connectivity index (χ1) is 22.4. The number of fused-ring (bicyclic) bond motifs is 1. The molecule has 1 aliphatic heterocycles. The van der Waals surface area contributed by atoms with Gasteiger partial charge in [0.25, 0.3) is 11.8 Å². The third kappa shape index (κ3) is 5.04. The number of rotatable bonds is 7. The average molecular weight is 613 g/mol. The maximum Gasteiger partial charge on any atom is 0.335 e. The predicted molar refractivity (Wildman–Crippen MR) is 177 cm³/mol. The Morgan fingerprint density at radius 2 is 1.50 bits per heavy atom. The van der Waals surface area contributed by atoms with Crippen LogP contribution in [0.15, 0.2) is 90.5 Å². The molecule has 9 rings (SSSR count). The zero-order valence-corrected chi connectivity index (χ0v) is 25.8. The van der Waals surface area contributed by atoms with E-state index in [9.17, 15) is 14.4 Å². The minimum atomic E-state index is -0.746. The van der Waals surface area contributed by atoms with E-state index in [1.165, 1.54) is 50.2 Å². The molecule has 1 heterocycles. The number of hydrogen-bond donors (Lipinski definition) is 1. The van der Waals surface area contributed by atoms with Gasteiger partial charge in [0.05, 0.1) is 12.8 Å². The fourth-order valence-electron chi connectivity index (χ4n) is 8.87. The summed E-state index contributed by atoms with van der Waals surface area (Å²) in [6, 6.07) is 26.7. The zero-order valence-electron chi connectivity index (χ0n) is 25.8. The van der Waals surface area contributed by atoms with Crippen molar-refractivity contribution in [3.8, 4) is 11.5 Å². The highest BCUT2D eigenvalue weighted by Crippen LogP contribution is 2.60. The normalized spacial score (nSPS) is 26.1. The highest BCUT2D eigenvalue weighted by atomic mass is 16.5. The Balaban J connectivity index is 1.01. The van der Waals surface area contributed by atoms with Gasteiger partial charge in [0.1, 0.15) is 12.2 Å². The second-order valence-electron chi connectivity index (χ2n) is 13.6. The van der Waals surface area contributed by atoms with Gasteiger partial charge in [-0.1, -0.05) is 54.6 Å². The highest BCUT2D eigenvalue weighted by Gasteiger charge is 2.51. The molecule has 1 N–H and O–H groups in total. The van der Waals surface area contributed by atoms with Crippen molar-refractivity contribution in [2.45, 2.75) is 50.5 Å². The van der Waals surface area contributed by atoms with Gasteiger partial charge in [0, 0.05) is 0 Å². The number of imide groups is 2. The van der Waals surface area contributed by atoms with Crippen LogP contribution < -0.4 is 19.7 Å². The van der Waals surface area contributed by atoms with Crippen LogP contribution in [0, 0.1) is 17.8 Å². The van der Waals surface area contributed by atoms with E-state index in [4.69, 9.17) is 9.47 Å². The summed E-state index contributed by atoms with van der Waals surface area (Å²) >= 11 is 0. The number of nitrogens with one attached hydrogen (secondary N) is 1. The molecule has 0 radical (unpaired) electrons. The topological polar surface area (TPSA) is 84.9 Å². The summed E-state index contributed by atoms with van der Waals surface area (Å²) in [5, 5.41) is 4.65. The molecule has 4 amide bonds. The Morgan fingerprint density at radius 3 is 2.20 bits per heavy atom. The Labute approximate surface area is 268 Å². The third-order valence-corrected chi connectivity index (χ3v) is 10.6. The number of nitrogens with zero attached hydrogens (tertiary/aromatic N) is 1. The van der Waals surface area contributed by atoms with Gasteiger partial charge in [-0.2, -0.15) is 0 Å². The molecule has 4 aliphatic carbocycles. The molecule has 7 nitrogen and oxygen atoms in total. The summed E-state index contributed by atoms with van der Waals surface area (Å²) < 4.78 is 11.7. The number of anilines is 1. The summed E-state index contributed by atoms with van der Waals surface area (Å²) in [6.45, 7) is 0.348. The van der Waals surface area contributed by atoms with Crippen molar-refractivity contribution in [1.29, 1.82) is 0 Å². The second-order valence-corrected chi connectivity index (χ2v) is 13.6. The lowest BCUT2D eigenvalue weighted by atomic mass is 9.48. The van der Waals surface area contributed by atoms with Crippen LogP contribution in [0.25, 0.3) is 16.8 Å². The maximum atomic E-state index is 13.7. The van der Waals surface area contributed by atoms with Crippen molar-refractivity contribution in [2.75, 3.05) is 12.0 Å². The van der Waals surface area contributed by atoms with Gasteiger partial charge in [0.15, 0.2) is 11.5 Å². The van der Waals surface area contributed by atoms with Gasteiger partial charge >= 0.3 is 6.03 Å². The van der Waals surface area contributed by atoms with Gasteiger partial charge in [-0.3, -0.25) is 14.9 Å². The quantitative estimate of drug-likeness (QED) is 0.172. The molecule has 0 aromatic heterocycles. The molecule has 1 saturated heterocycles. The van der Waals surface area contributed by atoms with Gasteiger partial charge in [-0.25, -0.2) is 9.69 Å². The fraction of sp³-hybridized carbons (Fsp3) is 0.308. The molecule has 4 saturated carbocycles. The highest BCUT2D eigenvalue weighted by molar-refractivity contribution is 6.39. The summed E-state index contributed by atoms with van der Waals surface area (Å²) in [4.78, 5) is 40.5. The van der Waals surface area contributed by atoms with Crippen LogP contribution in [0.3, 0.4) is 0 Å². The molecular weight excluding hydrogens is 576 g/mol. The number of methoxy groups -OCH3 is 1. The van der Waals surface area contributed by atoms with Gasteiger partial charge < -0.3 is 9.47 Å². The molecule has 5 fully saturated rings. The molecule has 232 valence electrons. The van der Waals surface area contributed by atoms with E-state index in [1.807, 2.05) is 30.3 Å². The smallest absolute Gasteiger partial charge is 0.335 e. The van der Waals surface area contributed by atoms with Crippen molar-refractivity contribution in [3.63, 3.8) is 0 Å². The zero-order chi connectivity index (χ0) is 31.4. The molecule has 4 bridgehead atoms. The number of carbonyl (C=O) groups excluding carboxylic acids is 3. The minimum absolute atomic E-state index is 0.128. The Hall–Kier alpha value is -4.91. The Kier molecular flexibility index (Phi) is 6.93. The molecule has 0 unspecified atom stereocenters. The molecule has 46 heavy (non-hydrogen) atoms. The summed E-state index contributed by atoms with van der Waals surface area (Å²) in [5.41, 5.74) is 3.43. The number of hydrogen-bond acceptors (Lipinski definition) is 5. The first-order valence-electron chi connectivity index (χ1n) is 16.2. The van der Waals surface area contributed by atoms with Crippen LogP contribution in [0.2, 0.25) is 0 Å². The monoisotopic (exact) mass is 612 g/mol. The van der Waals surface area contributed by atoms with Crippen molar-refractivity contribution in [1.82, 2.24) is 5.32 Å². The summed E-state index contributed by atoms with van der Waals surface area (Å²) in [5.74, 6) is 2.08. The van der Waals surface area contributed by atoms with Gasteiger partial charge in [-0.05, 0) is 126 Å². The lowest BCUT2D eigenvalue weighted by Crippen LogP contribution is -2.54. The van der Waals surface area contributed by atoms with Gasteiger partial charge in [0.2, 0.25) is 0 Å². The van der Waals surface area contributed by atoms with E-state index in [0.717, 1.165) is 39.0 Å². The summed E-state index contributed by atoms with van der Waals surface area (Å²) in [7, 11) is 1.54. The Morgan fingerprint density at radius 1 is 0.804 bits per heavy atom. The van der Waals surface area contributed by atoms with E-state index in [1.54, 1.807) is 25.3 Å². The molecule has 4 aromatic rings. The lowest BCUT2D eigenvalue weighted by molar-refractivity contribution is -0.122. The largest absolute Gasteiger partial charge is 0.493 e. The average Bonchev–Trinajstić information content (AvgIpc) is 3.05. The first kappa shape index (κ1) is 28.6. The third-order valence-electron chi connectivity index (χ3n) is 10.6. The number of carbonyl (C=O) groups is 3. The van der Waals surface area contributed by atoms with Crippen molar-refractivity contribution in [2.24, 2.45) is 17.8 Å². The predicted octanol–water partition coefficient (Wildman–Crippen LogP) is 7.56. The van der Waals surface area contributed by atoms with E-state index in [0.29, 0.717) is 29.4 Å². The number of amides is 4. The fourth-order valence-corrected chi connectivity index (χ4v) is 8.87. The molecular formula is C39H36N2O5. The Bertz CT molecular complexity index is 1870. The molecule has 7 heteroatoms. The first-order valence-corrected chi connectivity index (χ1v) is 16.2. The lowest BCUT2D eigenvalue weighted by Gasteiger charge is -2.57. The van der Waals surface area contributed by atoms with E-state index >= 15 is 0 Å². The number of benzene rings is 4. The van der Waals surface area contributed by atoms with E-state index in [2.05, 4.69) is 41.7 Å². The SMILES string of the molecule is COc1cc(/C=C2\C(=O)NC(=O)N(c3ccc(C45CC6CC(CC(C6)C4)C5)cc3)C2=O)ccc1OCc1ccc2ccccc2c1. The molecule has 0 spiro atoms.